The van der Waals surface area contributed by atoms with Crippen molar-refractivity contribution in [2.24, 2.45) is 5.92 Å². The van der Waals surface area contributed by atoms with Crippen molar-refractivity contribution >= 4 is 39.1 Å². The van der Waals surface area contributed by atoms with Gasteiger partial charge in [-0.05, 0) is 36.6 Å². The maximum Gasteiger partial charge on any atom is 0.244 e. The minimum atomic E-state index is -3.89. The van der Waals surface area contributed by atoms with Gasteiger partial charge in [0, 0.05) is 24.5 Å². The van der Waals surface area contributed by atoms with E-state index in [9.17, 15) is 13.2 Å². The van der Waals surface area contributed by atoms with Crippen LogP contribution in [0.3, 0.4) is 0 Å². The lowest BCUT2D eigenvalue weighted by molar-refractivity contribution is -0.121. The number of hydrogen-bond acceptors (Lipinski definition) is 3. The number of carbonyl (C=O) groups is 1. The fourth-order valence-corrected chi connectivity index (χ4v) is 5.24. The molecule has 1 atom stereocenters. The van der Waals surface area contributed by atoms with E-state index in [0.717, 1.165) is 5.56 Å². The maximum absolute atomic E-state index is 13.1. The summed E-state index contributed by atoms with van der Waals surface area (Å²) in [6, 6.07) is 13.8. The van der Waals surface area contributed by atoms with Gasteiger partial charge in [0.25, 0.3) is 0 Å². The molecule has 158 valence electrons. The van der Waals surface area contributed by atoms with E-state index in [-0.39, 0.29) is 52.3 Å². The van der Waals surface area contributed by atoms with Crippen molar-refractivity contribution in [1.82, 2.24) is 9.62 Å². The molecule has 5 nitrogen and oxygen atoms in total. The van der Waals surface area contributed by atoms with Crippen molar-refractivity contribution in [3.8, 4) is 0 Å². The first-order valence-corrected chi connectivity index (χ1v) is 11.6. The quantitative estimate of drug-likeness (QED) is 0.582. The van der Waals surface area contributed by atoms with Crippen LogP contribution < -0.4 is 5.32 Å². The molecular weight excluding hydrogens is 431 g/mol. The fraction of sp³-hybridized carbons (Fsp3) is 0.381. The molecule has 0 saturated heterocycles. The second-order valence-corrected chi connectivity index (χ2v) is 10.0. The summed E-state index contributed by atoms with van der Waals surface area (Å²) in [5, 5.41) is 3.30. The zero-order chi connectivity index (χ0) is 21.6. The molecule has 2 aromatic rings. The normalized spacial score (nSPS) is 12.9. The Morgan fingerprint density at radius 1 is 1.07 bits per heavy atom. The van der Waals surface area contributed by atoms with Gasteiger partial charge in [-0.25, -0.2) is 8.42 Å². The number of nitrogens with one attached hydrogen (secondary N) is 1. The van der Waals surface area contributed by atoms with Crippen LogP contribution >= 0.6 is 23.2 Å². The van der Waals surface area contributed by atoms with Crippen LogP contribution in [0.1, 0.15) is 38.8 Å². The van der Waals surface area contributed by atoms with E-state index in [0.29, 0.717) is 0 Å². The number of rotatable bonds is 9. The Bertz CT molecular complexity index is 934. The number of amides is 1. The van der Waals surface area contributed by atoms with Crippen molar-refractivity contribution in [2.45, 2.75) is 38.1 Å². The first kappa shape index (κ1) is 23.7. The summed E-state index contributed by atoms with van der Waals surface area (Å²) in [6.45, 7) is 6.05. The maximum atomic E-state index is 13.1. The number of nitrogens with zero attached hydrogens (tertiary/aromatic N) is 1. The molecule has 1 amide bonds. The summed E-state index contributed by atoms with van der Waals surface area (Å²) >= 11 is 12.1. The Balaban J connectivity index is 2.12. The molecule has 0 spiro atoms. The SMILES string of the molecule is CC(C)CN(CCC(=O)NC(C)c1ccccc1)S(=O)(=O)c1cc(Cl)ccc1Cl. The highest BCUT2D eigenvalue weighted by Crippen LogP contribution is 2.28. The summed E-state index contributed by atoms with van der Waals surface area (Å²) in [4.78, 5) is 12.4. The molecule has 0 radical (unpaired) electrons. The summed E-state index contributed by atoms with van der Waals surface area (Å²) < 4.78 is 27.6. The molecule has 0 aliphatic carbocycles. The third-order valence-corrected chi connectivity index (χ3v) is 6.93. The molecule has 0 bridgehead atoms. The van der Waals surface area contributed by atoms with Crippen molar-refractivity contribution in [3.63, 3.8) is 0 Å². The molecule has 0 fully saturated rings. The smallest absolute Gasteiger partial charge is 0.244 e. The molecule has 0 saturated carbocycles. The van der Waals surface area contributed by atoms with Crippen molar-refractivity contribution in [1.29, 1.82) is 0 Å². The Morgan fingerprint density at radius 2 is 1.72 bits per heavy atom. The van der Waals surface area contributed by atoms with E-state index in [1.165, 1.54) is 22.5 Å². The Kier molecular flexibility index (Phi) is 8.52. The molecule has 0 aliphatic rings. The molecule has 1 N–H and O–H groups in total. The van der Waals surface area contributed by atoms with Crippen molar-refractivity contribution in [2.75, 3.05) is 13.1 Å². The van der Waals surface area contributed by atoms with Crippen LogP contribution in [0.25, 0.3) is 0 Å². The topological polar surface area (TPSA) is 66.5 Å². The van der Waals surface area contributed by atoms with Gasteiger partial charge >= 0.3 is 0 Å². The molecular formula is C21H26Cl2N2O3S. The van der Waals surface area contributed by atoms with Crippen LogP contribution in [-0.2, 0) is 14.8 Å². The number of sulfonamides is 1. The minimum Gasteiger partial charge on any atom is -0.350 e. The predicted octanol–water partition coefficient (Wildman–Crippen LogP) is 4.91. The highest BCUT2D eigenvalue weighted by Gasteiger charge is 2.28. The zero-order valence-electron chi connectivity index (χ0n) is 16.7. The number of carbonyl (C=O) groups excluding carboxylic acids is 1. The van der Waals surface area contributed by atoms with Gasteiger partial charge in [-0.3, -0.25) is 4.79 Å². The van der Waals surface area contributed by atoms with Crippen LogP contribution in [0.4, 0.5) is 0 Å². The van der Waals surface area contributed by atoms with Crippen LogP contribution in [0.5, 0.6) is 0 Å². The van der Waals surface area contributed by atoms with Crippen LogP contribution in [-0.4, -0.2) is 31.7 Å². The minimum absolute atomic E-state index is 0.0430. The Hall–Kier alpha value is -1.60. The van der Waals surface area contributed by atoms with Crippen molar-refractivity contribution < 1.29 is 13.2 Å². The average Bonchev–Trinajstić information content (AvgIpc) is 2.67. The first-order valence-electron chi connectivity index (χ1n) is 9.40. The molecule has 1 unspecified atom stereocenters. The van der Waals surface area contributed by atoms with E-state index in [1.54, 1.807) is 0 Å². The molecule has 0 aromatic heterocycles. The van der Waals surface area contributed by atoms with Crippen LogP contribution in [0.15, 0.2) is 53.4 Å². The van der Waals surface area contributed by atoms with Gasteiger partial charge in [0.2, 0.25) is 15.9 Å². The number of hydrogen-bond donors (Lipinski definition) is 1. The molecule has 2 aromatic carbocycles. The molecule has 0 heterocycles. The van der Waals surface area contributed by atoms with Gasteiger partial charge < -0.3 is 5.32 Å². The lowest BCUT2D eigenvalue weighted by atomic mass is 10.1. The lowest BCUT2D eigenvalue weighted by Crippen LogP contribution is -2.38. The van der Waals surface area contributed by atoms with Gasteiger partial charge in [0.1, 0.15) is 4.90 Å². The van der Waals surface area contributed by atoms with Crippen molar-refractivity contribution in [3.05, 3.63) is 64.1 Å². The zero-order valence-corrected chi connectivity index (χ0v) is 19.1. The monoisotopic (exact) mass is 456 g/mol. The fourth-order valence-electron chi connectivity index (χ4n) is 2.90. The molecule has 2 rings (SSSR count). The van der Waals surface area contributed by atoms with Gasteiger partial charge in [-0.15, -0.1) is 0 Å². The first-order chi connectivity index (χ1) is 13.6. The highest BCUT2D eigenvalue weighted by molar-refractivity contribution is 7.89. The van der Waals surface area contributed by atoms with Gasteiger partial charge in [0.05, 0.1) is 11.1 Å². The summed E-state index contributed by atoms with van der Waals surface area (Å²) in [5.74, 6) is -0.142. The number of benzene rings is 2. The van der Waals surface area contributed by atoms with Gasteiger partial charge in [-0.1, -0.05) is 67.4 Å². The third kappa shape index (κ3) is 6.71. The standard InChI is InChI=1S/C21H26Cl2N2O3S/c1-15(2)14-25(29(27,28)20-13-18(22)9-10-19(20)23)12-11-21(26)24-16(3)17-7-5-4-6-8-17/h4-10,13,15-16H,11-12,14H2,1-3H3,(H,24,26). The highest BCUT2D eigenvalue weighted by atomic mass is 35.5. The van der Waals surface area contributed by atoms with Crippen LogP contribution in [0.2, 0.25) is 10.0 Å². The Morgan fingerprint density at radius 3 is 2.34 bits per heavy atom. The average molecular weight is 457 g/mol. The molecule has 8 heteroatoms. The molecule has 0 aliphatic heterocycles. The second kappa shape index (κ2) is 10.4. The summed E-state index contributed by atoms with van der Waals surface area (Å²) in [6.07, 6.45) is 0.0430. The van der Waals surface area contributed by atoms with Gasteiger partial charge in [0.15, 0.2) is 0 Å². The van der Waals surface area contributed by atoms with E-state index in [1.807, 2.05) is 51.1 Å². The largest absolute Gasteiger partial charge is 0.350 e. The second-order valence-electron chi connectivity index (χ2n) is 7.28. The van der Waals surface area contributed by atoms with E-state index < -0.39 is 10.0 Å². The summed E-state index contributed by atoms with van der Waals surface area (Å²) in [5.41, 5.74) is 0.984. The lowest BCUT2D eigenvalue weighted by Gasteiger charge is -2.25. The third-order valence-electron chi connectivity index (χ3n) is 4.35. The summed E-state index contributed by atoms with van der Waals surface area (Å²) in [7, 11) is -3.89. The van der Waals surface area contributed by atoms with E-state index in [4.69, 9.17) is 23.2 Å². The van der Waals surface area contributed by atoms with Gasteiger partial charge in [-0.2, -0.15) is 4.31 Å². The Labute approximate surface area is 183 Å². The van der Waals surface area contributed by atoms with E-state index >= 15 is 0 Å². The number of halogens is 2. The van der Waals surface area contributed by atoms with E-state index in [2.05, 4.69) is 5.32 Å². The predicted molar refractivity (Wildman–Crippen MR) is 118 cm³/mol. The van der Waals surface area contributed by atoms with Crippen LogP contribution in [0, 0.1) is 5.92 Å². The molecule has 29 heavy (non-hydrogen) atoms.